The molecule has 4 rings (SSSR count). The molecule has 2 aliphatic rings. The zero-order valence-corrected chi connectivity index (χ0v) is 16.9. The second-order valence-corrected chi connectivity index (χ2v) is 8.46. The van der Waals surface area contributed by atoms with E-state index in [4.69, 9.17) is 0 Å². The van der Waals surface area contributed by atoms with Crippen molar-refractivity contribution in [2.45, 2.75) is 51.1 Å². The second kappa shape index (κ2) is 9.68. The van der Waals surface area contributed by atoms with Gasteiger partial charge in [-0.2, -0.15) is 0 Å². The number of aromatic nitrogens is 2. The van der Waals surface area contributed by atoms with Crippen molar-refractivity contribution in [1.29, 1.82) is 0 Å². The van der Waals surface area contributed by atoms with Gasteiger partial charge in [-0.25, -0.2) is 4.98 Å². The summed E-state index contributed by atoms with van der Waals surface area (Å²) in [5.74, 6) is 1.84. The zero-order chi connectivity index (χ0) is 19.2. The van der Waals surface area contributed by atoms with E-state index in [1.807, 2.05) is 18.3 Å². The average molecular weight is 383 g/mol. The Labute approximate surface area is 169 Å². The van der Waals surface area contributed by atoms with Gasteiger partial charge in [0.25, 0.3) is 0 Å². The molecule has 0 spiro atoms. The zero-order valence-electron chi connectivity index (χ0n) is 16.9. The van der Waals surface area contributed by atoms with E-state index in [-0.39, 0.29) is 6.61 Å². The lowest BCUT2D eigenvalue weighted by molar-refractivity contribution is 0.0393. The number of nitrogens with zero attached hydrogens (tertiary/aromatic N) is 4. The van der Waals surface area contributed by atoms with Crippen molar-refractivity contribution in [2.24, 2.45) is 5.92 Å². The lowest BCUT2D eigenvalue weighted by Gasteiger charge is -2.43. The summed E-state index contributed by atoms with van der Waals surface area (Å²) in [5.41, 5.74) is 1.28. The Bertz CT molecular complexity index is 710. The Kier molecular flexibility index (Phi) is 6.78. The van der Waals surface area contributed by atoms with Crippen LogP contribution in [0.25, 0.3) is 5.82 Å². The highest BCUT2D eigenvalue weighted by atomic mass is 16.3. The van der Waals surface area contributed by atoms with E-state index in [2.05, 4.69) is 43.7 Å². The molecule has 1 N–H and O–H groups in total. The van der Waals surface area contributed by atoms with Crippen LogP contribution in [0.15, 0.2) is 42.7 Å². The van der Waals surface area contributed by atoms with E-state index in [0.29, 0.717) is 6.04 Å². The van der Waals surface area contributed by atoms with Gasteiger partial charge in [-0.3, -0.25) is 9.80 Å². The van der Waals surface area contributed by atoms with Crippen LogP contribution in [0.2, 0.25) is 0 Å². The highest BCUT2D eigenvalue weighted by Crippen LogP contribution is 2.26. The Hall–Kier alpha value is -1.69. The number of hydrogen-bond donors (Lipinski definition) is 1. The molecule has 1 saturated carbocycles. The molecular weight excluding hydrogens is 348 g/mol. The summed E-state index contributed by atoms with van der Waals surface area (Å²) >= 11 is 0. The molecule has 2 fully saturated rings. The number of aliphatic hydroxyl groups excluding tert-OH is 1. The predicted molar refractivity (Wildman–Crippen MR) is 112 cm³/mol. The third-order valence-electron chi connectivity index (χ3n) is 6.48. The summed E-state index contributed by atoms with van der Waals surface area (Å²) in [6.07, 6.45) is 11.8. The third kappa shape index (κ3) is 4.83. The molecule has 2 aromatic rings. The molecule has 2 aromatic heterocycles. The van der Waals surface area contributed by atoms with Crippen molar-refractivity contribution in [3.05, 3.63) is 48.4 Å². The Morgan fingerprint density at radius 3 is 2.71 bits per heavy atom. The number of pyridine rings is 1. The normalized spacial score (nSPS) is 22.5. The number of piperazine rings is 1. The average Bonchev–Trinajstić information content (AvgIpc) is 3.20. The number of rotatable bonds is 7. The van der Waals surface area contributed by atoms with Crippen LogP contribution in [0, 0.1) is 5.92 Å². The van der Waals surface area contributed by atoms with E-state index in [0.717, 1.165) is 44.3 Å². The summed E-state index contributed by atoms with van der Waals surface area (Å²) in [5, 5.41) is 9.62. The molecule has 28 heavy (non-hydrogen) atoms. The minimum absolute atomic E-state index is 0.282. The van der Waals surface area contributed by atoms with Crippen LogP contribution in [-0.4, -0.2) is 63.3 Å². The van der Waals surface area contributed by atoms with Crippen molar-refractivity contribution in [1.82, 2.24) is 19.4 Å². The van der Waals surface area contributed by atoms with Crippen molar-refractivity contribution < 1.29 is 5.11 Å². The fourth-order valence-corrected chi connectivity index (χ4v) is 4.96. The molecule has 1 saturated heterocycles. The molecule has 1 atom stereocenters. The molecule has 5 nitrogen and oxygen atoms in total. The van der Waals surface area contributed by atoms with Gasteiger partial charge in [0, 0.05) is 63.5 Å². The highest BCUT2D eigenvalue weighted by molar-refractivity contribution is 5.27. The SMILES string of the molecule is OCC[C@@H]1CN(Cc2cccn2-c2ccccn2)CCN1CC1CCCCC1. The largest absolute Gasteiger partial charge is 0.396 e. The number of hydrogen-bond acceptors (Lipinski definition) is 4. The second-order valence-electron chi connectivity index (χ2n) is 8.46. The van der Waals surface area contributed by atoms with E-state index < -0.39 is 0 Å². The summed E-state index contributed by atoms with van der Waals surface area (Å²) in [6.45, 7) is 5.70. The van der Waals surface area contributed by atoms with Crippen LogP contribution in [0.1, 0.15) is 44.2 Å². The van der Waals surface area contributed by atoms with Crippen molar-refractivity contribution in [3.63, 3.8) is 0 Å². The van der Waals surface area contributed by atoms with Gasteiger partial charge in [0.05, 0.1) is 0 Å². The van der Waals surface area contributed by atoms with Gasteiger partial charge in [-0.15, -0.1) is 0 Å². The first-order chi connectivity index (χ1) is 13.8. The minimum atomic E-state index is 0.282. The Balaban J connectivity index is 1.39. The van der Waals surface area contributed by atoms with Gasteiger partial charge in [0.15, 0.2) is 0 Å². The summed E-state index contributed by atoms with van der Waals surface area (Å²) < 4.78 is 2.19. The van der Waals surface area contributed by atoms with Gasteiger partial charge in [0.1, 0.15) is 5.82 Å². The quantitative estimate of drug-likeness (QED) is 0.798. The van der Waals surface area contributed by atoms with Crippen LogP contribution in [0.5, 0.6) is 0 Å². The Morgan fingerprint density at radius 2 is 1.93 bits per heavy atom. The van der Waals surface area contributed by atoms with Gasteiger partial charge in [-0.1, -0.05) is 25.3 Å². The van der Waals surface area contributed by atoms with Gasteiger partial charge < -0.3 is 9.67 Å². The molecule has 0 amide bonds. The molecule has 5 heteroatoms. The van der Waals surface area contributed by atoms with Crippen LogP contribution in [0.4, 0.5) is 0 Å². The predicted octanol–water partition coefficient (Wildman–Crippen LogP) is 3.32. The summed E-state index contributed by atoms with van der Waals surface area (Å²) in [6, 6.07) is 10.8. The van der Waals surface area contributed by atoms with E-state index >= 15 is 0 Å². The van der Waals surface area contributed by atoms with Crippen LogP contribution in [-0.2, 0) is 6.54 Å². The first-order valence-corrected chi connectivity index (χ1v) is 11.0. The van der Waals surface area contributed by atoms with Crippen LogP contribution in [0.3, 0.4) is 0 Å². The van der Waals surface area contributed by atoms with E-state index in [9.17, 15) is 5.11 Å². The summed E-state index contributed by atoms with van der Waals surface area (Å²) in [7, 11) is 0. The van der Waals surface area contributed by atoms with E-state index in [1.54, 1.807) is 0 Å². The number of aliphatic hydroxyl groups is 1. The van der Waals surface area contributed by atoms with Gasteiger partial charge >= 0.3 is 0 Å². The maximum absolute atomic E-state index is 9.62. The first kappa shape index (κ1) is 19.6. The Morgan fingerprint density at radius 1 is 1.04 bits per heavy atom. The summed E-state index contributed by atoms with van der Waals surface area (Å²) in [4.78, 5) is 9.71. The van der Waals surface area contributed by atoms with Crippen LogP contribution < -0.4 is 0 Å². The molecule has 1 aliphatic carbocycles. The molecule has 0 aromatic carbocycles. The highest BCUT2D eigenvalue weighted by Gasteiger charge is 2.29. The minimum Gasteiger partial charge on any atom is -0.396 e. The first-order valence-electron chi connectivity index (χ1n) is 11.0. The fourth-order valence-electron chi connectivity index (χ4n) is 4.96. The van der Waals surface area contributed by atoms with Crippen molar-refractivity contribution in [2.75, 3.05) is 32.8 Å². The molecule has 3 heterocycles. The molecule has 0 radical (unpaired) electrons. The molecule has 152 valence electrons. The maximum Gasteiger partial charge on any atom is 0.136 e. The molecule has 0 bridgehead atoms. The monoisotopic (exact) mass is 382 g/mol. The third-order valence-corrected chi connectivity index (χ3v) is 6.48. The van der Waals surface area contributed by atoms with Gasteiger partial charge in [0.2, 0.25) is 0 Å². The van der Waals surface area contributed by atoms with Crippen molar-refractivity contribution >= 4 is 0 Å². The molecule has 0 unspecified atom stereocenters. The van der Waals surface area contributed by atoms with Crippen LogP contribution >= 0.6 is 0 Å². The van der Waals surface area contributed by atoms with E-state index in [1.165, 1.54) is 44.3 Å². The smallest absolute Gasteiger partial charge is 0.136 e. The topological polar surface area (TPSA) is 44.5 Å². The van der Waals surface area contributed by atoms with Gasteiger partial charge in [-0.05, 0) is 49.4 Å². The lowest BCUT2D eigenvalue weighted by atomic mass is 9.88. The fraction of sp³-hybridized carbons (Fsp3) is 0.609. The molecule has 1 aliphatic heterocycles. The van der Waals surface area contributed by atoms with Crippen molar-refractivity contribution in [3.8, 4) is 5.82 Å². The molecular formula is C23H34N4O. The standard InChI is InChI=1S/C23H34N4O/c28-16-11-21-18-25(14-15-26(21)17-20-7-2-1-3-8-20)19-22-9-6-13-27(22)23-10-4-5-12-24-23/h4-6,9-10,12-13,20-21,28H,1-3,7-8,11,14-19H2/t21-/m1/s1. The maximum atomic E-state index is 9.62. The lowest BCUT2D eigenvalue weighted by Crippen LogP contribution is -2.54.